The Labute approximate surface area is 159 Å². The molecule has 140 valence electrons. The number of aromatic nitrogens is 3. The van der Waals surface area contributed by atoms with Crippen molar-refractivity contribution in [3.05, 3.63) is 64.0 Å². The summed E-state index contributed by atoms with van der Waals surface area (Å²) in [7, 11) is 1.24. The standard InChI is InChI=1S/C18H16ClN3O5/c1-10-8-11(2)22(21-10)15-7-5-13(19)16(20-15)18(24)26-9-12-4-6-14(27-12)17(23)25-3/h4-8H,9H2,1-3H3. The van der Waals surface area contributed by atoms with E-state index in [2.05, 4.69) is 14.8 Å². The highest BCUT2D eigenvalue weighted by atomic mass is 35.5. The smallest absolute Gasteiger partial charge is 0.373 e. The van der Waals surface area contributed by atoms with E-state index in [0.717, 1.165) is 11.4 Å². The molecular formula is C18H16ClN3O5. The zero-order chi connectivity index (χ0) is 19.6. The van der Waals surface area contributed by atoms with E-state index < -0.39 is 11.9 Å². The number of furan rings is 1. The normalized spacial score (nSPS) is 10.7. The molecule has 3 rings (SSSR count). The molecule has 9 heteroatoms. The Morgan fingerprint density at radius 1 is 1.19 bits per heavy atom. The summed E-state index contributed by atoms with van der Waals surface area (Å²) in [6.07, 6.45) is 0. The summed E-state index contributed by atoms with van der Waals surface area (Å²) in [6, 6.07) is 8.06. The molecule has 0 atom stereocenters. The van der Waals surface area contributed by atoms with Crippen molar-refractivity contribution in [3.63, 3.8) is 0 Å². The Hall–Kier alpha value is -3.13. The van der Waals surface area contributed by atoms with Crippen molar-refractivity contribution in [2.45, 2.75) is 20.5 Å². The van der Waals surface area contributed by atoms with E-state index in [1.807, 2.05) is 19.9 Å². The van der Waals surface area contributed by atoms with Crippen LogP contribution in [-0.2, 0) is 16.1 Å². The van der Waals surface area contributed by atoms with Gasteiger partial charge in [0.25, 0.3) is 0 Å². The maximum Gasteiger partial charge on any atom is 0.373 e. The minimum Gasteiger partial charge on any atom is -0.463 e. The average molecular weight is 390 g/mol. The van der Waals surface area contributed by atoms with Gasteiger partial charge >= 0.3 is 11.9 Å². The molecule has 0 radical (unpaired) electrons. The number of esters is 2. The Morgan fingerprint density at radius 3 is 2.63 bits per heavy atom. The van der Waals surface area contributed by atoms with Crippen LogP contribution in [0.3, 0.4) is 0 Å². The van der Waals surface area contributed by atoms with E-state index in [1.54, 1.807) is 16.8 Å². The Bertz CT molecular complexity index is 1010. The number of hydrogen-bond donors (Lipinski definition) is 0. The van der Waals surface area contributed by atoms with Crippen LogP contribution in [0.1, 0.15) is 38.2 Å². The average Bonchev–Trinajstić information content (AvgIpc) is 3.25. The molecule has 0 aliphatic carbocycles. The minimum atomic E-state index is -0.723. The number of nitrogens with zero attached hydrogens (tertiary/aromatic N) is 3. The van der Waals surface area contributed by atoms with Crippen LogP contribution in [0, 0.1) is 13.8 Å². The Kier molecular flexibility index (Phi) is 5.27. The molecule has 0 aromatic carbocycles. The molecule has 0 saturated carbocycles. The highest BCUT2D eigenvalue weighted by Crippen LogP contribution is 2.19. The van der Waals surface area contributed by atoms with Crippen LogP contribution in [-0.4, -0.2) is 33.8 Å². The molecule has 8 nitrogen and oxygen atoms in total. The van der Waals surface area contributed by atoms with E-state index in [1.165, 1.54) is 19.2 Å². The topological polar surface area (TPSA) is 96.5 Å². The lowest BCUT2D eigenvalue weighted by atomic mass is 10.3. The van der Waals surface area contributed by atoms with Crippen molar-refractivity contribution in [2.75, 3.05) is 7.11 Å². The summed E-state index contributed by atoms with van der Waals surface area (Å²) in [5.41, 5.74) is 1.65. The fourth-order valence-electron chi connectivity index (χ4n) is 2.42. The summed E-state index contributed by atoms with van der Waals surface area (Å²) >= 11 is 6.09. The third-order valence-electron chi connectivity index (χ3n) is 3.65. The van der Waals surface area contributed by atoms with E-state index in [0.29, 0.717) is 5.82 Å². The van der Waals surface area contributed by atoms with Crippen LogP contribution in [0.25, 0.3) is 5.82 Å². The van der Waals surface area contributed by atoms with Gasteiger partial charge in [0.1, 0.15) is 12.4 Å². The lowest BCUT2D eigenvalue weighted by molar-refractivity contribution is 0.0432. The fraction of sp³-hybridized carbons (Fsp3) is 0.222. The summed E-state index contributed by atoms with van der Waals surface area (Å²) in [5.74, 6) is -0.585. The molecule has 3 heterocycles. The molecule has 0 aliphatic heterocycles. The number of rotatable bonds is 5. The summed E-state index contributed by atoms with van der Waals surface area (Å²) in [6.45, 7) is 3.56. The number of pyridine rings is 1. The van der Waals surface area contributed by atoms with Gasteiger partial charge in [-0.15, -0.1) is 0 Å². The van der Waals surface area contributed by atoms with Crippen LogP contribution in [0.2, 0.25) is 5.02 Å². The molecule has 3 aromatic heterocycles. The van der Waals surface area contributed by atoms with Crippen LogP contribution in [0.15, 0.2) is 34.7 Å². The first kappa shape index (κ1) is 18.7. The molecule has 0 unspecified atom stereocenters. The zero-order valence-electron chi connectivity index (χ0n) is 14.9. The van der Waals surface area contributed by atoms with E-state index >= 15 is 0 Å². The number of methoxy groups -OCH3 is 1. The van der Waals surface area contributed by atoms with Crippen molar-refractivity contribution in [1.82, 2.24) is 14.8 Å². The second kappa shape index (κ2) is 7.63. The maximum absolute atomic E-state index is 12.4. The van der Waals surface area contributed by atoms with Crippen LogP contribution < -0.4 is 0 Å². The number of aryl methyl sites for hydroxylation is 2. The van der Waals surface area contributed by atoms with Gasteiger partial charge < -0.3 is 13.9 Å². The maximum atomic E-state index is 12.4. The van der Waals surface area contributed by atoms with Gasteiger partial charge in [-0.1, -0.05) is 11.6 Å². The van der Waals surface area contributed by atoms with Gasteiger partial charge in [0.15, 0.2) is 11.5 Å². The quantitative estimate of drug-likeness (QED) is 0.617. The first-order valence-corrected chi connectivity index (χ1v) is 8.31. The molecule has 27 heavy (non-hydrogen) atoms. The highest BCUT2D eigenvalue weighted by molar-refractivity contribution is 6.33. The molecule has 0 aliphatic rings. The largest absolute Gasteiger partial charge is 0.463 e. The highest BCUT2D eigenvalue weighted by Gasteiger charge is 2.18. The van der Waals surface area contributed by atoms with Gasteiger partial charge in [-0.3, -0.25) is 0 Å². The molecule has 0 spiro atoms. The van der Waals surface area contributed by atoms with Crippen molar-refractivity contribution < 1.29 is 23.5 Å². The molecular weight excluding hydrogens is 374 g/mol. The monoisotopic (exact) mass is 389 g/mol. The molecule has 0 fully saturated rings. The predicted molar refractivity (Wildman–Crippen MR) is 95.0 cm³/mol. The lowest BCUT2D eigenvalue weighted by Crippen LogP contribution is -2.11. The molecule has 3 aromatic rings. The molecule has 0 bridgehead atoms. The van der Waals surface area contributed by atoms with Crippen LogP contribution in [0.5, 0.6) is 0 Å². The molecule has 0 N–H and O–H groups in total. The van der Waals surface area contributed by atoms with Crippen LogP contribution >= 0.6 is 11.6 Å². The van der Waals surface area contributed by atoms with Gasteiger partial charge in [-0.05, 0) is 44.2 Å². The van der Waals surface area contributed by atoms with Gasteiger partial charge in [-0.25, -0.2) is 19.3 Å². The number of ether oxygens (including phenoxy) is 2. The summed E-state index contributed by atoms with van der Waals surface area (Å²) in [4.78, 5) is 28.0. The number of carbonyl (C=O) groups excluding carboxylic acids is 2. The second-order valence-corrected chi connectivity index (χ2v) is 6.08. The number of halogens is 1. The van der Waals surface area contributed by atoms with Crippen molar-refractivity contribution in [1.29, 1.82) is 0 Å². The van der Waals surface area contributed by atoms with Crippen LogP contribution in [0.4, 0.5) is 0 Å². The lowest BCUT2D eigenvalue weighted by Gasteiger charge is -2.08. The molecule has 0 amide bonds. The van der Waals surface area contributed by atoms with E-state index in [9.17, 15) is 9.59 Å². The summed E-state index contributed by atoms with van der Waals surface area (Å²) in [5, 5.41) is 4.48. The third-order valence-corrected chi connectivity index (χ3v) is 3.95. The predicted octanol–water partition coefficient (Wildman–Crippen LogP) is 3.27. The first-order valence-electron chi connectivity index (χ1n) is 7.93. The first-order chi connectivity index (χ1) is 12.9. The van der Waals surface area contributed by atoms with Gasteiger partial charge in [-0.2, -0.15) is 5.10 Å². The van der Waals surface area contributed by atoms with Crippen molar-refractivity contribution in [2.24, 2.45) is 0 Å². The number of carbonyl (C=O) groups is 2. The van der Waals surface area contributed by atoms with Crippen molar-refractivity contribution in [3.8, 4) is 5.82 Å². The number of hydrogen-bond acceptors (Lipinski definition) is 7. The fourth-order valence-corrected chi connectivity index (χ4v) is 2.61. The van der Waals surface area contributed by atoms with Gasteiger partial charge in [0.05, 0.1) is 17.8 Å². The SMILES string of the molecule is COC(=O)c1ccc(COC(=O)c2nc(-n3nc(C)cc3C)ccc2Cl)o1. The van der Waals surface area contributed by atoms with Gasteiger partial charge in [0.2, 0.25) is 5.76 Å². The summed E-state index contributed by atoms with van der Waals surface area (Å²) < 4.78 is 16.6. The van der Waals surface area contributed by atoms with E-state index in [-0.39, 0.29) is 28.8 Å². The third kappa shape index (κ3) is 4.01. The second-order valence-electron chi connectivity index (χ2n) is 5.67. The van der Waals surface area contributed by atoms with Gasteiger partial charge in [0, 0.05) is 5.69 Å². The van der Waals surface area contributed by atoms with E-state index in [4.69, 9.17) is 20.8 Å². The minimum absolute atomic E-state index is 0.0197. The zero-order valence-corrected chi connectivity index (χ0v) is 15.6. The Morgan fingerprint density at radius 2 is 1.96 bits per heavy atom. The Balaban J connectivity index is 1.76. The molecule has 0 saturated heterocycles. The van der Waals surface area contributed by atoms with Crippen molar-refractivity contribution >= 4 is 23.5 Å².